The zero-order valence-electron chi connectivity index (χ0n) is 10.8. The normalized spacial score (nSPS) is 10.6. The lowest BCUT2D eigenvalue weighted by molar-refractivity contribution is 0.400. The maximum Gasteiger partial charge on any atom is 0.223 e. The maximum atomic E-state index is 13.6. The molecule has 2 aromatic rings. The second kappa shape index (κ2) is 6.76. The Hall–Kier alpha value is -1.53. The molecule has 3 nitrogen and oxygen atoms in total. The van der Waals surface area contributed by atoms with Gasteiger partial charge in [0.15, 0.2) is 11.6 Å². The summed E-state index contributed by atoms with van der Waals surface area (Å²) in [4.78, 5) is 4.10. The van der Waals surface area contributed by atoms with Crippen LogP contribution in [-0.4, -0.2) is 11.5 Å². The molecule has 0 aliphatic heterocycles. The van der Waals surface area contributed by atoms with E-state index in [0.717, 1.165) is 22.6 Å². The Morgan fingerprint density at radius 2 is 2.15 bits per heavy atom. The molecule has 0 amide bonds. The Bertz CT molecular complexity index is 608. The first-order valence-corrected chi connectivity index (χ1v) is 6.88. The summed E-state index contributed by atoms with van der Waals surface area (Å²) in [6.07, 6.45) is 1.54. The average molecular weight is 343 g/mol. The van der Waals surface area contributed by atoms with Crippen LogP contribution in [-0.2, 0) is 6.54 Å². The van der Waals surface area contributed by atoms with Crippen LogP contribution in [0.15, 0.2) is 34.9 Å². The molecule has 0 spiro atoms. The van der Waals surface area contributed by atoms with Crippen molar-refractivity contribution in [2.24, 2.45) is 0 Å². The molecule has 20 heavy (non-hydrogen) atoms. The Morgan fingerprint density at radius 3 is 2.90 bits per heavy atom. The Kier molecular flexibility index (Phi) is 5.03. The number of hydrogen-bond donors (Lipinski definition) is 1. The highest BCUT2D eigenvalue weighted by atomic mass is 79.9. The lowest BCUT2D eigenvalue weighted by atomic mass is 10.2. The van der Waals surface area contributed by atoms with Gasteiger partial charge in [-0.25, -0.2) is 9.37 Å². The van der Waals surface area contributed by atoms with Crippen molar-refractivity contribution in [3.8, 4) is 11.6 Å². The second-order valence-electron chi connectivity index (χ2n) is 4.05. The minimum Gasteiger partial charge on any atom is -0.435 e. The average Bonchev–Trinajstić information content (AvgIpc) is 2.44. The number of hydrogen-bond acceptors (Lipinski definition) is 3. The van der Waals surface area contributed by atoms with Gasteiger partial charge in [-0.3, -0.25) is 0 Å². The summed E-state index contributed by atoms with van der Waals surface area (Å²) in [5, 5.41) is 3.14. The summed E-state index contributed by atoms with van der Waals surface area (Å²) in [7, 11) is 0. The van der Waals surface area contributed by atoms with E-state index in [-0.39, 0.29) is 11.6 Å². The third-order valence-electron chi connectivity index (χ3n) is 2.58. The number of halogens is 3. The van der Waals surface area contributed by atoms with Crippen molar-refractivity contribution in [1.29, 1.82) is 0 Å². The predicted octanol–water partition coefficient (Wildman–Crippen LogP) is 4.02. The zero-order chi connectivity index (χ0) is 14.5. The maximum absolute atomic E-state index is 13.6. The van der Waals surface area contributed by atoms with Gasteiger partial charge >= 0.3 is 0 Å². The van der Waals surface area contributed by atoms with Crippen LogP contribution in [0.25, 0.3) is 0 Å². The van der Waals surface area contributed by atoms with Crippen LogP contribution in [0, 0.1) is 11.6 Å². The SMILES string of the molecule is CCNCc1cc(Br)cnc1Oc1cccc(F)c1F. The van der Waals surface area contributed by atoms with Gasteiger partial charge in [-0.15, -0.1) is 0 Å². The second-order valence-corrected chi connectivity index (χ2v) is 4.97. The van der Waals surface area contributed by atoms with Gasteiger partial charge in [0.2, 0.25) is 11.7 Å². The molecule has 0 aliphatic rings. The summed E-state index contributed by atoms with van der Waals surface area (Å²) in [5.41, 5.74) is 0.755. The van der Waals surface area contributed by atoms with Crippen LogP contribution in [0.1, 0.15) is 12.5 Å². The van der Waals surface area contributed by atoms with Crippen molar-refractivity contribution in [3.05, 3.63) is 52.1 Å². The van der Waals surface area contributed by atoms with Crippen molar-refractivity contribution >= 4 is 15.9 Å². The van der Waals surface area contributed by atoms with Gasteiger partial charge in [-0.05, 0) is 40.7 Å². The molecule has 6 heteroatoms. The van der Waals surface area contributed by atoms with Gasteiger partial charge in [0.25, 0.3) is 0 Å². The number of benzene rings is 1. The number of pyridine rings is 1. The molecule has 1 aromatic heterocycles. The van der Waals surface area contributed by atoms with Crippen LogP contribution >= 0.6 is 15.9 Å². The summed E-state index contributed by atoms with van der Waals surface area (Å²) in [6.45, 7) is 3.27. The van der Waals surface area contributed by atoms with Crippen molar-refractivity contribution in [2.45, 2.75) is 13.5 Å². The third kappa shape index (κ3) is 3.52. The molecule has 0 aliphatic carbocycles. The first kappa shape index (κ1) is 14.9. The molecular weight excluding hydrogens is 330 g/mol. The highest BCUT2D eigenvalue weighted by Crippen LogP contribution is 2.28. The summed E-state index contributed by atoms with van der Waals surface area (Å²) in [5.74, 6) is -1.91. The van der Waals surface area contributed by atoms with Crippen molar-refractivity contribution in [3.63, 3.8) is 0 Å². The molecule has 0 saturated heterocycles. The number of nitrogens with one attached hydrogen (secondary N) is 1. The molecule has 0 fully saturated rings. The molecule has 0 atom stereocenters. The van der Waals surface area contributed by atoms with Gasteiger partial charge in [0, 0.05) is 22.8 Å². The highest BCUT2D eigenvalue weighted by Gasteiger charge is 2.13. The number of nitrogens with zero attached hydrogens (tertiary/aromatic N) is 1. The molecule has 106 valence electrons. The lowest BCUT2D eigenvalue weighted by Crippen LogP contribution is -2.13. The molecular formula is C14H13BrF2N2O. The number of rotatable bonds is 5. The molecule has 1 aromatic carbocycles. The summed E-state index contributed by atoms with van der Waals surface area (Å²) < 4.78 is 32.9. The van der Waals surface area contributed by atoms with E-state index in [2.05, 4.69) is 26.2 Å². The highest BCUT2D eigenvalue weighted by molar-refractivity contribution is 9.10. The van der Waals surface area contributed by atoms with Crippen molar-refractivity contribution < 1.29 is 13.5 Å². The van der Waals surface area contributed by atoms with Crippen LogP contribution in [0.5, 0.6) is 11.6 Å². The predicted molar refractivity (Wildman–Crippen MR) is 75.7 cm³/mol. The zero-order valence-corrected chi connectivity index (χ0v) is 12.4. The smallest absolute Gasteiger partial charge is 0.223 e. The van der Waals surface area contributed by atoms with Crippen LogP contribution in [0.4, 0.5) is 8.78 Å². The fourth-order valence-electron chi connectivity index (χ4n) is 1.61. The Morgan fingerprint density at radius 1 is 1.35 bits per heavy atom. The monoisotopic (exact) mass is 342 g/mol. The molecule has 0 radical (unpaired) electrons. The number of aromatic nitrogens is 1. The minimum absolute atomic E-state index is 0.183. The molecule has 1 heterocycles. The summed E-state index contributed by atoms with van der Waals surface area (Å²) in [6, 6.07) is 5.61. The van der Waals surface area contributed by atoms with E-state index in [9.17, 15) is 8.78 Å². The lowest BCUT2D eigenvalue weighted by Gasteiger charge is -2.11. The third-order valence-corrected chi connectivity index (χ3v) is 3.01. The van der Waals surface area contributed by atoms with Gasteiger partial charge in [-0.1, -0.05) is 13.0 Å². The van der Waals surface area contributed by atoms with E-state index >= 15 is 0 Å². The Labute approximate surface area is 124 Å². The quantitative estimate of drug-likeness (QED) is 0.890. The molecule has 0 unspecified atom stereocenters. The van der Waals surface area contributed by atoms with Gasteiger partial charge in [-0.2, -0.15) is 4.39 Å². The Balaban J connectivity index is 2.30. The standard InChI is InChI=1S/C14H13BrF2N2O/c1-2-18-7-9-6-10(15)8-19-14(9)20-12-5-3-4-11(16)13(12)17/h3-6,8,18H,2,7H2,1H3. The summed E-state index contributed by atoms with van der Waals surface area (Å²) >= 11 is 3.32. The van der Waals surface area contributed by atoms with Crippen LogP contribution in [0.3, 0.4) is 0 Å². The van der Waals surface area contributed by atoms with Crippen LogP contribution in [0.2, 0.25) is 0 Å². The first-order chi connectivity index (χ1) is 9.61. The molecule has 0 saturated carbocycles. The molecule has 2 rings (SSSR count). The van der Waals surface area contributed by atoms with E-state index in [4.69, 9.17) is 4.74 Å². The van der Waals surface area contributed by atoms with Gasteiger partial charge in [0.05, 0.1) is 0 Å². The topological polar surface area (TPSA) is 34.2 Å². The van der Waals surface area contributed by atoms with E-state index in [1.54, 1.807) is 6.20 Å². The van der Waals surface area contributed by atoms with E-state index in [0.29, 0.717) is 6.54 Å². The first-order valence-electron chi connectivity index (χ1n) is 6.08. The largest absolute Gasteiger partial charge is 0.435 e. The fourth-order valence-corrected chi connectivity index (χ4v) is 1.99. The van der Waals surface area contributed by atoms with Gasteiger partial charge < -0.3 is 10.1 Å². The molecule has 1 N–H and O–H groups in total. The minimum atomic E-state index is -1.02. The number of ether oxygens (including phenoxy) is 1. The fraction of sp³-hybridized carbons (Fsp3) is 0.214. The van der Waals surface area contributed by atoms with E-state index in [1.165, 1.54) is 12.1 Å². The van der Waals surface area contributed by atoms with Crippen molar-refractivity contribution in [2.75, 3.05) is 6.54 Å². The van der Waals surface area contributed by atoms with Crippen molar-refractivity contribution in [1.82, 2.24) is 10.3 Å². The van der Waals surface area contributed by atoms with Crippen LogP contribution < -0.4 is 10.1 Å². The van der Waals surface area contributed by atoms with E-state index in [1.807, 2.05) is 13.0 Å². The van der Waals surface area contributed by atoms with Gasteiger partial charge in [0.1, 0.15) is 0 Å². The molecule has 0 bridgehead atoms. The van der Waals surface area contributed by atoms with E-state index < -0.39 is 11.6 Å².